The molecule has 0 aliphatic carbocycles. The van der Waals surface area contributed by atoms with Crippen molar-refractivity contribution in [2.24, 2.45) is 0 Å². The van der Waals surface area contributed by atoms with Crippen LogP contribution in [-0.4, -0.2) is 56.2 Å². The second-order valence-electron chi connectivity index (χ2n) is 7.60. The number of carbonyl (C=O) groups is 1. The number of hydrogen-bond acceptors (Lipinski definition) is 5. The monoisotopic (exact) mass is 440 g/mol. The van der Waals surface area contributed by atoms with Gasteiger partial charge in [-0.1, -0.05) is 25.5 Å². The van der Waals surface area contributed by atoms with Crippen molar-refractivity contribution in [1.29, 1.82) is 0 Å². The Morgan fingerprint density at radius 2 is 2.00 bits per heavy atom. The van der Waals surface area contributed by atoms with Gasteiger partial charge in [-0.05, 0) is 24.6 Å². The van der Waals surface area contributed by atoms with Crippen LogP contribution < -0.4 is 10.3 Å². The van der Waals surface area contributed by atoms with Crippen LogP contribution in [0.3, 0.4) is 0 Å². The van der Waals surface area contributed by atoms with Crippen molar-refractivity contribution in [2.45, 2.75) is 32.7 Å². The number of carbonyl (C=O) groups excluding carboxylic acids is 1. The molecule has 3 aromatic rings. The molecule has 0 saturated carbocycles. The summed E-state index contributed by atoms with van der Waals surface area (Å²) in [5, 5.41) is 4.59. The first-order valence-corrected chi connectivity index (χ1v) is 12.0. The van der Waals surface area contributed by atoms with Gasteiger partial charge in [0.15, 0.2) is 0 Å². The Hall–Kier alpha value is -2.74. The fourth-order valence-electron chi connectivity index (χ4n) is 3.65. The molecule has 0 radical (unpaired) electrons. The SMILES string of the molecule is CCCCOc1ccccc1-c1cc2c(=O)n(CCC(=O)N3CCSCC3)ccn2n1. The van der Waals surface area contributed by atoms with Gasteiger partial charge in [0.1, 0.15) is 11.3 Å². The predicted molar refractivity (Wildman–Crippen MR) is 124 cm³/mol. The lowest BCUT2D eigenvalue weighted by Gasteiger charge is -2.26. The van der Waals surface area contributed by atoms with Gasteiger partial charge in [0, 0.05) is 55.5 Å². The number of hydrogen-bond donors (Lipinski definition) is 0. The zero-order valence-corrected chi connectivity index (χ0v) is 18.6. The summed E-state index contributed by atoms with van der Waals surface area (Å²) in [7, 11) is 0. The Balaban J connectivity index is 1.53. The van der Waals surface area contributed by atoms with Gasteiger partial charge in [-0.2, -0.15) is 16.9 Å². The molecule has 0 atom stereocenters. The summed E-state index contributed by atoms with van der Waals surface area (Å²) < 4.78 is 9.12. The first-order valence-electron chi connectivity index (χ1n) is 10.8. The van der Waals surface area contributed by atoms with E-state index in [1.165, 1.54) is 0 Å². The number of aryl methyl sites for hydroxylation is 1. The normalized spacial score (nSPS) is 14.2. The molecular weight excluding hydrogens is 412 g/mol. The number of amides is 1. The van der Waals surface area contributed by atoms with Gasteiger partial charge in [-0.3, -0.25) is 9.59 Å². The maximum absolute atomic E-state index is 13.0. The molecule has 164 valence electrons. The average Bonchev–Trinajstić information content (AvgIpc) is 3.25. The largest absolute Gasteiger partial charge is 0.493 e. The van der Waals surface area contributed by atoms with Crippen LogP contribution in [0.15, 0.2) is 47.5 Å². The molecule has 1 amide bonds. The quantitative estimate of drug-likeness (QED) is 0.503. The van der Waals surface area contributed by atoms with Crippen LogP contribution in [0.5, 0.6) is 5.75 Å². The van der Waals surface area contributed by atoms with Gasteiger partial charge < -0.3 is 14.2 Å². The van der Waals surface area contributed by atoms with E-state index in [0.717, 1.165) is 48.7 Å². The molecule has 2 aromatic heterocycles. The third kappa shape index (κ3) is 4.95. The van der Waals surface area contributed by atoms with Crippen LogP contribution in [0.25, 0.3) is 16.8 Å². The third-order valence-electron chi connectivity index (χ3n) is 5.45. The van der Waals surface area contributed by atoms with Crippen molar-refractivity contribution < 1.29 is 9.53 Å². The van der Waals surface area contributed by atoms with Crippen molar-refractivity contribution in [3.8, 4) is 17.0 Å². The highest BCUT2D eigenvalue weighted by atomic mass is 32.2. The highest BCUT2D eigenvalue weighted by Gasteiger charge is 2.17. The minimum atomic E-state index is -0.146. The van der Waals surface area contributed by atoms with Gasteiger partial charge >= 0.3 is 0 Å². The molecule has 4 rings (SSSR count). The number of thioether (sulfide) groups is 1. The van der Waals surface area contributed by atoms with E-state index in [1.807, 2.05) is 40.9 Å². The maximum Gasteiger partial charge on any atom is 0.276 e. The van der Waals surface area contributed by atoms with E-state index < -0.39 is 0 Å². The minimum absolute atomic E-state index is 0.111. The second kappa shape index (κ2) is 10.0. The Labute approximate surface area is 186 Å². The van der Waals surface area contributed by atoms with Crippen LogP contribution >= 0.6 is 11.8 Å². The van der Waals surface area contributed by atoms with E-state index in [-0.39, 0.29) is 11.5 Å². The molecule has 3 heterocycles. The van der Waals surface area contributed by atoms with Crippen molar-refractivity contribution in [1.82, 2.24) is 19.1 Å². The lowest BCUT2D eigenvalue weighted by atomic mass is 10.1. The first kappa shape index (κ1) is 21.5. The molecule has 0 N–H and O–H groups in total. The molecule has 1 aromatic carbocycles. The summed E-state index contributed by atoms with van der Waals surface area (Å²) in [6, 6.07) is 9.56. The van der Waals surface area contributed by atoms with E-state index in [9.17, 15) is 9.59 Å². The topological polar surface area (TPSA) is 68.8 Å². The Morgan fingerprint density at radius 3 is 2.81 bits per heavy atom. The van der Waals surface area contributed by atoms with E-state index in [1.54, 1.807) is 27.5 Å². The summed E-state index contributed by atoms with van der Waals surface area (Å²) in [5.74, 6) is 2.85. The third-order valence-corrected chi connectivity index (χ3v) is 6.39. The fourth-order valence-corrected chi connectivity index (χ4v) is 4.55. The first-order chi connectivity index (χ1) is 15.2. The number of para-hydroxylation sites is 1. The van der Waals surface area contributed by atoms with Gasteiger partial charge in [0.05, 0.1) is 12.3 Å². The highest BCUT2D eigenvalue weighted by Crippen LogP contribution is 2.29. The zero-order valence-electron chi connectivity index (χ0n) is 17.8. The van der Waals surface area contributed by atoms with Crippen molar-refractivity contribution >= 4 is 23.2 Å². The zero-order chi connectivity index (χ0) is 21.6. The average molecular weight is 441 g/mol. The van der Waals surface area contributed by atoms with Crippen LogP contribution in [0, 0.1) is 0 Å². The van der Waals surface area contributed by atoms with Crippen molar-refractivity contribution in [3.05, 3.63) is 53.1 Å². The van der Waals surface area contributed by atoms with Gasteiger partial charge in [0.25, 0.3) is 5.56 Å². The summed E-state index contributed by atoms with van der Waals surface area (Å²) >= 11 is 1.87. The molecule has 31 heavy (non-hydrogen) atoms. The lowest BCUT2D eigenvalue weighted by molar-refractivity contribution is -0.131. The predicted octanol–water partition coefficient (Wildman–Crippen LogP) is 3.31. The number of nitrogens with zero attached hydrogens (tertiary/aromatic N) is 4. The Bertz CT molecular complexity index is 1100. The van der Waals surface area contributed by atoms with Gasteiger partial charge in [-0.15, -0.1) is 0 Å². The molecule has 1 fully saturated rings. The van der Waals surface area contributed by atoms with E-state index >= 15 is 0 Å². The number of fused-ring (bicyclic) bond motifs is 1. The van der Waals surface area contributed by atoms with Crippen LogP contribution in [-0.2, 0) is 11.3 Å². The van der Waals surface area contributed by atoms with Gasteiger partial charge in [0.2, 0.25) is 5.91 Å². The molecule has 0 unspecified atom stereocenters. The van der Waals surface area contributed by atoms with Crippen molar-refractivity contribution in [2.75, 3.05) is 31.2 Å². The molecule has 1 aliphatic heterocycles. The number of rotatable bonds is 8. The molecular formula is C23H28N4O3S. The number of benzene rings is 1. The Kier molecular flexibility index (Phi) is 6.96. The molecule has 0 spiro atoms. The molecule has 7 nitrogen and oxygen atoms in total. The summed E-state index contributed by atoms with van der Waals surface area (Å²) in [6.07, 6.45) is 5.85. The summed E-state index contributed by atoms with van der Waals surface area (Å²) in [4.78, 5) is 27.3. The molecule has 1 saturated heterocycles. The minimum Gasteiger partial charge on any atom is -0.493 e. The van der Waals surface area contributed by atoms with Crippen molar-refractivity contribution in [3.63, 3.8) is 0 Å². The Morgan fingerprint density at radius 1 is 1.19 bits per heavy atom. The van der Waals surface area contributed by atoms with E-state index in [2.05, 4.69) is 12.0 Å². The lowest BCUT2D eigenvalue weighted by Crippen LogP contribution is -2.38. The van der Waals surface area contributed by atoms with E-state index in [0.29, 0.717) is 30.8 Å². The molecule has 0 bridgehead atoms. The van der Waals surface area contributed by atoms with Crippen LogP contribution in [0.4, 0.5) is 0 Å². The van der Waals surface area contributed by atoms with Crippen LogP contribution in [0.1, 0.15) is 26.2 Å². The molecule has 8 heteroatoms. The van der Waals surface area contributed by atoms with Gasteiger partial charge in [-0.25, -0.2) is 4.52 Å². The standard InChI is InChI=1S/C23H28N4O3S/c1-2-3-14-30-21-7-5-4-6-18(21)19-17-20-23(29)26(10-11-27(20)24-19)9-8-22(28)25-12-15-31-16-13-25/h4-7,10-11,17H,2-3,8-9,12-16H2,1H3. The fraction of sp³-hybridized carbons (Fsp3) is 0.435. The highest BCUT2D eigenvalue weighted by molar-refractivity contribution is 7.99. The second-order valence-corrected chi connectivity index (χ2v) is 8.82. The number of aromatic nitrogens is 3. The summed E-state index contributed by atoms with van der Waals surface area (Å²) in [5.41, 5.74) is 1.91. The number of ether oxygens (including phenoxy) is 1. The number of unbranched alkanes of at least 4 members (excludes halogenated alkanes) is 1. The smallest absolute Gasteiger partial charge is 0.276 e. The van der Waals surface area contributed by atoms with Crippen LogP contribution in [0.2, 0.25) is 0 Å². The maximum atomic E-state index is 13.0. The molecule has 1 aliphatic rings. The van der Waals surface area contributed by atoms with E-state index in [4.69, 9.17) is 4.74 Å². The summed E-state index contributed by atoms with van der Waals surface area (Å²) in [6.45, 7) is 4.74.